The van der Waals surface area contributed by atoms with Gasteiger partial charge in [-0.1, -0.05) is 11.6 Å². The third-order valence-corrected chi connectivity index (χ3v) is 2.73. The van der Waals surface area contributed by atoms with Crippen molar-refractivity contribution in [1.82, 2.24) is 4.98 Å². The molecule has 4 nitrogen and oxygen atoms in total. The number of nitrogens with two attached hydrogens (primary N) is 1. The first-order chi connectivity index (χ1) is 7.67. The Balaban J connectivity index is 2.84. The molecule has 1 aromatic carbocycles. The van der Waals surface area contributed by atoms with Crippen molar-refractivity contribution in [3.8, 4) is 11.5 Å². The highest BCUT2D eigenvalue weighted by Crippen LogP contribution is 2.37. The van der Waals surface area contributed by atoms with Crippen LogP contribution in [0.25, 0.3) is 10.9 Å². The van der Waals surface area contributed by atoms with Crippen LogP contribution in [0.2, 0.25) is 5.02 Å². The highest BCUT2D eigenvalue weighted by molar-refractivity contribution is 6.38. The standard InChI is InChI=1S/C11H11ClN2O2/c1-15-6-3-8-10(9(4-6)16-2)11(12)7(13)5-14-8/h3-5H,13H2,1-2H3. The Kier molecular flexibility index (Phi) is 2.75. The molecule has 0 unspecified atom stereocenters. The Morgan fingerprint density at radius 1 is 1.25 bits per heavy atom. The second-order valence-electron chi connectivity index (χ2n) is 3.25. The summed E-state index contributed by atoms with van der Waals surface area (Å²) in [7, 11) is 3.15. The van der Waals surface area contributed by atoms with Gasteiger partial charge in [0.15, 0.2) is 0 Å². The average Bonchev–Trinajstić information content (AvgIpc) is 2.32. The van der Waals surface area contributed by atoms with Crippen molar-refractivity contribution in [3.05, 3.63) is 23.4 Å². The molecule has 0 fully saturated rings. The second-order valence-corrected chi connectivity index (χ2v) is 3.63. The van der Waals surface area contributed by atoms with Crippen LogP contribution >= 0.6 is 11.6 Å². The van der Waals surface area contributed by atoms with E-state index in [0.717, 1.165) is 0 Å². The van der Waals surface area contributed by atoms with Gasteiger partial charge in [0.1, 0.15) is 11.5 Å². The minimum absolute atomic E-state index is 0.428. The van der Waals surface area contributed by atoms with Crippen molar-refractivity contribution in [3.63, 3.8) is 0 Å². The maximum absolute atomic E-state index is 6.12. The van der Waals surface area contributed by atoms with Crippen LogP contribution in [0.3, 0.4) is 0 Å². The van der Waals surface area contributed by atoms with Crippen LogP contribution < -0.4 is 15.2 Å². The van der Waals surface area contributed by atoms with E-state index in [9.17, 15) is 0 Å². The van der Waals surface area contributed by atoms with Gasteiger partial charge in [0, 0.05) is 12.1 Å². The second kappa shape index (κ2) is 4.06. The van der Waals surface area contributed by atoms with Crippen molar-refractivity contribution in [2.24, 2.45) is 0 Å². The molecule has 5 heteroatoms. The Hall–Kier alpha value is -1.68. The van der Waals surface area contributed by atoms with Crippen LogP contribution in [0, 0.1) is 0 Å². The fraction of sp³-hybridized carbons (Fsp3) is 0.182. The number of nitrogens with zero attached hydrogens (tertiary/aromatic N) is 1. The summed E-state index contributed by atoms with van der Waals surface area (Å²) in [4.78, 5) is 4.19. The summed E-state index contributed by atoms with van der Waals surface area (Å²) in [6, 6.07) is 3.53. The number of methoxy groups -OCH3 is 2. The van der Waals surface area contributed by atoms with Crippen molar-refractivity contribution >= 4 is 28.2 Å². The fourth-order valence-corrected chi connectivity index (χ4v) is 1.76. The quantitative estimate of drug-likeness (QED) is 0.873. The summed E-state index contributed by atoms with van der Waals surface area (Å²) in [6.45, 7) is 0. The summed E-state index contributed by atoms with van der Waals surface area (Å²) in [5.74, 6) is 1.26. The number of nitrogen functional groups attached to an aromatic ring is 1. The number of ether oxygens (including phenoxy) is 2. The number of pyridine rings is 1. The maximum Gasteiger partial charge on any atom is 0.133 e. The molecule has 84 valence electrons. The van der Waals surface area contributed by atoms with E-state index < -0.39 is 0 Å². The Morgan fingerprint density at radius 3 is 2.62 bits per heavy atom. The molecule has 0 amide bonds. The highest BCUT2D eigenvalue weighted by Gasteiger charge is 2.11. The lowest BCUT2D eigenvalue weighted by molar-refractivity contribution is 0.398. The third-order valence-electron chi connectivity index (χ3n) is 2.33. The van der Waals surface area contributed by atoms with E-state index in [1.165, 1.54) is 6.20 Å². The minimum atomic E-state index is 0.428. The summed E-state index contributed by atoms with van der Waals surface area (Å²) < 4.78 is 10.4. The summed E-state index contributed by atoms with van der Waals surface area (Å²) >= 11 is 6.12. The third kappa shape index (κ3) is 1.61. The molecule has 1 aromatic heterocycles. The van der Waals surface area contributed by atoms with Crippen LogP contribution in [-0.4, -0.2) is 19.2 Å². The minimum Gasteiger partial charge on any atom is -0.497 e. The normalized spacial score (nSPS) is 10.4. The van der Waals surface area contributed by atoms with E-state index in [4.69, 9.17) is 26.8 Å². The molecular formula is C11H11ClN2O2. The molecule has 0 saturated carbocycles. The first-order valence-electron chi connectivity index (χ1n) is 4.63. The van der Waals surface area contributed by atoms with Gasteiger partial charge in [-0.3, -0.25) is 4.98 Å². The SMILES string of the molecule is COc1cc(OC)c2c(Cl)c(N)cnc2c1. The molecule has 16 heavy (non-hydrogen) atoms. The topological polar surface area (TPSA) is 57.4 Å². The monoisotopic (exact) mass is 238 g/mol. The lowest BCUT2D eigenvalue weighted by Gasteiger charge is -2.10. The molecule has 0 atom stereocenters. The Morgan fingerprint density at radius 2 is 2.00 bits per heavy atom. The zero-order valence-electron chi connectivity index (χ0n) is 8.95. The van der Waals surface area contributed by atoms with Crippen LogP contribution in [0.4, 0.5) is 5.69 Å². The average molecular weight is 239 g/mol. The lowest BCUT2D eigenvalue weighted by Crippen LogP contribution is -1.94. The van der Waals surface area contributed by atoms with Crippen molar-refractivity contribution in [1.29, 1.82) is 0 Å². The highest BCUT2D eigenvalue weighted by atomic mass is 35.5. The zero-order chi connectivity index (χ0) is 11.7. The number of anilines is 1. The molecule has 0 aliphatic carbocycles. The molecule has 0 bridgehead atoms. The number of halogens is 1. The van der Waals surface area contributed by atoms with Crippen molar-refractivity contribution in [2.45, 2.75) is 0 Å². The zero-order valence-corrected chi connectivity index (χ0v) is 9.71. The van der Waals surface area contributed by atoms with Gasteiger partial charge in [-0.05, 0) is 0 Å². The van der Waals surface area contributed by atoms with E-state index in [-0.39, 0.29) is 0 Å². The van der Waals surface area contributed by atoms with Gasteiger partial charge in [-0.25, -0.2) is 0 Å². The number of fused-ring (bicyclic) bond motifs is 1. The van der Waals surface area contributed by atoms with Crippen LogP contribution in [0.5, 0.6) is 11.5 Å². The molecule has 2 aromatic rings. The van der Waals surface area contributed by atoms with Gasteiger partial charge in [0.2, 0.25) is 0 Å². The van der Waals surface area contributed by atoms with E-state index in [1.54, 1.807) is 26.4 Å². The predicted octanol–water partition coefficient (Wildman–Crippen LogP) is 2.49. The number of hydrogen-bond acceptors (Lipinski definition) is 4. The van der Waals surface area contributed by atoms with E-state index >= 15 is 0 Å². The molecule has 2 N–H and O–H groups in total. The fourth-order valence-electron chi connectivity index (χ4n) is 1.52. The van der Waals surface area contributed by atoms with Crippen LogP contribution in [-0.2, 0) is 0 Å². The first-order valence-corrected chi connectivity index (χ1v) is 5.01. The van der Waals surface area contributed by atoms with E-state index in [0.29, 0.717) is 33.1 Å². The number of benzene rings is 1. The van der Waals surface area contributed by atoms with Gasteiger partial charge >= 0.3 is 0 Å². The summed E-state index contributed by atoms with van der Waals surface area (Å²) in [5.41, 5.74) is 6.82. The number of hydrogen-bond donors (Lipinski definition) is 1. The van der Waals surface area contributed by atoms with E-state index in [1.807, 2.05) is 0 Å². The molecular weight excluding hydrogens is 228 g/mol. The van der Waals surface area contributed by atoms with Gasteiger partial charge in [-0.2, -0.15) is 0 Å². The number of aromatic nitrogens is 1. The predicted molar refractivity (Wildman–Crippen MR) is 64.3 cm³/mol. The Bertz CT molecular complexity index is 543. The van der Waals surface area contributed by atoms with E-state index in [2.05, 4.69) is 4.98 Å². The van der Waals surface area contributed by atoms with Crippen LogP contribution in [0.1, 0.15) is 0 Å². The number of rotatable bonds is 2. The van der Waals surface area contributed by atoms with Gasteiger partial charge in [0.25, 0.3) is 0 Å². The molecule has 0 saturated heterocycles. The largest absolute Gasteiger partial charge is 0.497 e. The van der Waals surface area contributed by atoms with Gasteiger partial charge in [0.05, 0.1) is 42.0 Å². The molecule has 2 rings (SSSR count). The lowest BCUT2D eigenvalue weighted by atomic mass is 10.2. The summed E-state index contributed by atoms with van der Waals surface area (Å²) in [5, 5.41) is 1.15. The Labute approximate surface area is 97.9 Å². The molecule has 0 radical (unpaired) electrons. The summed E-state index contributed by atoms with van der Waals surface area (Å²) in [6.07, 6.45) is 1.52. The van der Waals surface area contributed by atoms with Gasteiger partial charge < -0.3 is 15.2 Å². The molecule has 0 aliphatic rings. The maximum atomic E-state index is 6.12. The molecule has 0 aliphatic heterocycles. The smallest absolute Gasteiger partial charge is 0.133 e. The molecule has 1 heterocycles. The van der Waals surface area contributed by atoms with Crippen molar-refractivity contribution in [2.75, 3.05) is 20.0 Å². The van der Waals surface area contributed by atoms with Crippen molar-refractivity contribution < 1.29 is 9.47 Å². The molecule has 0 spiro atoms. The first kappa shape index (κ1) is 10.8. The van der Waals surface area contributed by atoms with Gasteiger partial charge in [-0.15, -0.1) is 0 Å². The van der Waals surface area contributed by atoms with Crippen LogP contribution in [0.15, 0.2) is 18.3 Å².